The number of esters is 1. The molecule has 94 valence electrons. The number of fused-ring (bicyclic) bond motifs is 3. The molecule has 1 heterocycles. The Bertz CT molecular complexity index is 375. The van der Waals surface area contributed by atoms with Gasteiger partial charge in [-0.2, -0.15) is 0 Å². The molecule has 3 aliphatic rings. The van der Waals surface area contributed by atoms with E-state index in [0.29, 0.717) is 13.2 Å². The summed E-state index contributed by atoms with van der Waals surface area (Å²) < 4.78 is 16.0. The normalized spacial score (nSPS) is 41.3. The van der Waals surface area contributed by atoms with Crippen molar-refractivity contribution < 1.29 is 19.0 Å². The molecule has 0 aromatic rings. The van der Waals surface area contributed by atoms with E-state index in [9.17, 15) is 4.79 Å². The molecule has 17 heavy (non-hydrogen) atoms. The number of hydrogen-bond acceptors (Lipinski definition) is 5. The first-order chi connectivity index (χ1) is 8.19. The van der Waals surface area contributed by atoms with Crippen LogP contribution < -0.4 is 0 Å². The van der Waals surface area contributed by atoms with Crippen molar-refractivity contribution in [1.82, 2.24) is 0 Å². The highest BCUT2D eigenvalue weighted by atomic mass is 32.2. The van der Waals surface area contributed by atoms with E-state index < -0.39 is 10.5 Å². The van der Waals surface area contributed by atoms with Crippen molar-refractivity contribution in [2.75, 3.05) is 26.6 Å². The van der Waals surface area contributed by atoms with Crippen molar-refractivity contribution in [3.8, 4) is 0 Å². The number of methoxy groups -OCH3 is 1. The lowest BCUT2D eigenvalue weighted by Gasteiger charge is -2.33. The molecule has 1 spiro atoms. The summed E-state index contributed by atoms with van der Waals surface area (Å²) in [5.74, 6) is -0.643. The number of thioether (sulfide) groups is 1. The van der Waals surface area contributed by atoms with Gasteiger partial charge in [0.2, 0.25) is 0 Å². The third kappa shape index (κ3) is 1.25. The molecule has 1 saturated heterocycles. The van der Waals surface area contributed by atoms with Crippen LogP contribution in [0.25, 0.3) is 0 Å². The zero-order valence-electron chi connectivity index (χ0n) is 9.97. The van der Waals surface area contributed by atoms with E-state index in [-0.39, 0.29) is 17.8 Å². The Morgan fingerprint density at radius 2 is 2.12 bits per heavy atom. The largest absolute Gasteiger partial charge is 0.468 e. The SMILES string of the molecule is COC(=O)[C@@]1(SC)[C@H]2C=C[C@H]1C1(C2)OCCO1. The third-order valence-electron chi connectivity index (χ3n) is 4.15. The van der Waals surface area contributed by atoms with Gasteiger partial charge in [-0.1, -0.05) is 12.2 Å². The third-order valence-corrected chi connectivity index (χ3v) is 5.54. The smallest absolute Gasteiger partial charge is 0.323 e. The molecule has 4 nitrogen and oxygen atoms in total. The fourth-order valence-electron chi connectivity index (χ4n) is 3.46. The Labute approximate surface area is 105 Å². The van der Waals surface area contributed by atoms with Crippen LogP contribution in [0.15, 0.2) is 12.2 Å². The Kier molecular flexibility index (Phi) is 2.54. The summed E-state index contributed by atoms with van der Waals surface area (Å²) >= 11 is 1.56. The van der Waals surface area contributed by atoms with E-state index in [1.807, 2.05) is 6.26 Å². The molecule has 0 aromatic carbocycles. The van der Waals surface area contributed by atoms with Gasteiger partial charge in [-0.3, -0.25) is 4.79 Å². The molecule has 2 bridgehead atoms. The van der Waals surface area contributed by atoms with Gasteiger partial charge in [0.15, 0.2) is 5.79 Å². The van der Waals surface area contributed by atoms with Crippen LogP contribution >= 0.6 is 11.8 Å². The van der Waals surface area contributed by atoms with Crippen LogP contribution in [0.5, 0.6) is 0 Å². The van der Waals surface area contributed by atoms with Crippen molar-refractivity contribution in [3.63, 3.8) is 0 Å². The molecule has 3 rings (SSSR count). The predicted octanol–water partition coefficient (Wildman–Crippen LogP) is 1.21. The Morgan fingerprint density at radius 3 is 2.71 bits per heavy atom. The van der Waals surface area contributed by atoms with E-state index in [1.165, 1.54) is 7.11 Å². The number of ether oxygens (including phenoxy) is 3. The van der Waals surface area contributed by atoms with Gasteiger partial charge in [0.25, 0.3) is 0 Å². The van der Waals surface area contributed by atoms with Crippen molar-refractivity contribution in [1.29, 1.82) is 0 Å². The predicted molar refractivity (Wildman–Crippen MR) is 63.6 cm³/mol. The second kappa shape index (κ2) is 3.73. The number of allylic oxidation sites excluding steroid dienone is 1. The average Bonchev–Trinajstić information content (AvgIpc) is 3.01. The summed E-state index contributed by atoms with van der Waals surface area (Å²) in [7, 11) is 1.45. The minimum atomic E-state index is -0.587. The van der Waals surface area contributed by atoms with Crippen LogP contribution in [0, 0.1) is 11.8 Å². The first-order valence-electron chi connectivity index (χ1n) is 5.79. The summed E-state index contributed by atoms with van der Waals surface area (Å²) in [6.45, 7) is 1.23. The molecule has 1 aliphatic heterocycles. The second-order valence-electron chi connectivity index (χ2n) is 4.67. The first-order valence-corrected chi connectivity index (χ1v) is 7.02. The highest BCUT2D eigenvalue weighted by Gasteiger charge is 2.70. The molecule has 0 unspecified atom stereocenters. The van der Waals surface area contributed by atoms with Gasteiger partial charge < -0.3 is 14.2 Å². The van der Waals surface area contributed by atoms with Gasteiger partial charge in [0, 0.05) is 12.3 Å². The lowest BCUT2D eigenvalue weighted by molar-refractivity contribution is -0.179. The summed E-state index contributed by atoms with van der Waals surface area (Å²) in [4.78, 5) is 12.2. The number of hydrogen-bond donors (Lipinski definition) is 0. The van der Waals surface area contributed by atoms with E-state index in [4.69, 9.17) is 14.2 Å². The molecule has 0 aromatic heterocycles. The zero-order valence-corrected chi connectivity index (χ0v) is 10.8. The van der Waals surface area contributed by atoms with Gasteiger partial charge in [0.1, 0.15) is 4.75 Å². The van der Waals surface area contributed by atoms with Gasteiger partial charge in [-0.05, 0) is 6.26 Å². The molecule has 0 N–H and O–H groups in total. The summed E-state index contributed by atoms with van der Waals surface area (Å²) in [6.07, 6.45) is 6.88. The van der Waals surface area contributed by atoms with Crippen molar-refractivity contribution in [2.45, 2.75) is 17.0 Å². The highest BCUT2D eigenvalue weighted by molar-refractivity contribution is 8.00. The molecular weight excluding hydrogens is 240 g/mol. The summed E-state index contributed by atoms with van der Waals surface area (Å²) in [5.41, 5.74) is 0. The molecule has 3 atom stereocenters. The topological polar surface area (TPSA) is 44.8 Å². The van der Waals surface area contributed by atoms with Crippen molar-refractivity contribution in [2.24, 2.45) is 11.8 Å². The van der Waals surface area contributed by atoms with E-state index in [0.717, 1.165) is 6.42 Å². The van der Waals surface area contributed by atoms with E-state index >= 15 is 0 Å². The van der Waals surface area contributed by atoms with Gasteiger partial charge >= 0.3 is 5.97 Å². The molecule has 0 amide bonds. The van der Waals surface area contributed by atoms with Crippen molar-refractivity contribution in [3.05, 3.63) is 12.2 Å². The Morgan fingerprint density at radius 1 is 1.41 bits per heavy atom. The maximum atomic E-state index is 12.2. The number of rotatable bonds is 2. The van der Waals surface area contributed by atoms with Crippen molar-refractivity contribution >= 4 is 17.7 Å². The fourth-order valence-corrected chi connectivity index (χ4v) is 4.68. The monoisotopic (exact) mass is 256 g/mol. The Balaban J connectivity index is 2.01. The van der Waals surface area contributed by atoms with Gasteiger partial charge in [-0.15, -0.1) is 11.8 Å². The number of carbonyl (C=O) groups excluding carboxylic acids is 1. The molecule has 2 aliphatic carbocycles. The Hall–Kier alpha value is -0.520. The average molecular weight is 256 g/mol. The van der Waals surface area contributed by atoms with Crippen LogP contribution in [0.2, 0.25) is 0 Å². The molecule has 2 fully saturated rings. The second-order valence-corrected chi connectivity index (χ2v) is 5.75. The molecule has 0 radical (unpaired) electrons. The molecule has 1 saturated carbocycles. The summed E-state index contributed by atoms with van der Waals surface area (Å²) in [5, 5.41) is 0. The zero-order chi connectivity index (χ0) is 12.1. The minimum Gasteiger partial charge on any atom is -0.468 e. The maximum Gasteiger partial charge on any atom is 0.323 e. The lowest BCUT2D eigenvalue weighted by atomic mass is 9.93. The van der Waals surface area contributed by atoms with Crippen LogP contribution in [-0.4, -0.2) is 43.1 Å². The van der Waals surface area contributed by atoms with Gasteiger partial charge in [-0.25, -0.2) is 0 Å². The minimum absolute atomic E-state index is 0.0371. The van der Waals surface area contributed by atoms with E-state index in [2.05, 4.69) is 12.2 Å². The number of carbonyl (C=O) groups is 1. The van der Waals surface area contributed by atoms with Crippen LogP contribution in [0.4, 0.5) is 0 Å². The fraction of sp³-hybridized carbons (Fsp3) is 0.750. The van der Waals surface area contributed by atoms with Crippen LogP contribution in [0.1, 0.15) is 6.42 Å². The molecule has 5 heteroatoms. The molecular formula is C12H16O4S. The first kappa shape index (κ1) is 11.6. The highest BCUT2D eigenvalue weighted by Crippen LogP contribution is 2.61. The standard InChI is InChI=1S/C12H16O4S/c1-14-10(13)12(17-2)8-3-4-9(12)11(7-8)15-5-6-16-11/h3-4,8-9H,5-7H2,1-2H3/t8-,9-,12+/m0/s1. The van der Waals surface area contributed by atoms with E-state index in [1.54, 1.807) is 11.8 Å². The lowest BCUT2D eigenvalue weighted by Crippen LogP contribution is -2.46. The van der Waals surface area contributed by atoms with Crippen LogP contribution in [-0.2, 0) is 19.0 Å². The van der Waals surface area contributed by atoms with Gasteiger partial charge in [0.05, 0.1) is 26.2 Å². The maximum absolute atomic E-state index is 12.2. The summed E-state index contributed by atoms with van der Waals surface area (Å²) in [6, 6.07) is 0. The van der Waals surface area contributed by atoms with Crippen LogP contribution in [0.3, 0.4) is 0 Å². The quantitative estimate of drug-likeness (QED) is 0.549.